The molecule has 2 aromatic rings. The van der Waals surface area contributed by atoms with Gasteiger partial charge in [0.25, 0.3) is 5.91 Å². The van der Waals surface area contributed by atoms with Crippen LogP contribution >= 0.6 is 11.3 Å². The lowest BCUT2D eigenvalue weighted by atomic mass is 10.2. The number of nitrogens with one attached hydrogen (secondary N) is 2. The van der Waals surface area contributed by atoms with Crippen LogP contribution in [0.1, 0.15) is 10.4 Å². The lowest BCUT2D eigenvalue weighted by molar-refractivity contribution is -0.122. The van der Waals surface area contributed by atoms with Crippen molar-refractivity contribution in [1.82, 2.24) is 10.6 Å². The van der Waals surface area contributed by atoms with Gasteiger partial charge >= 0.3 is 6.03 Å². The summed E-state index contributed by atoms with van der Waals surface area (Å²) in [4.78, 5) is 24.0. The molecule has 1 aromatic heterocycles. The maximum Gasteiger partial charge on any atom is 0.321 e. The van der Waals surface area contributed by atoms with Crippen LogP contribution in [0.15, 0.2) is 35.7 Å². The minimum atomic E-state index is -0.751. The highest BCUT2D eigenvalue weighted by Crippen LogP contribution is 2.17. The molecular weight excluding hydrogens is 321 g/mol. The summed E-state index contributed by atoms with van der Waals surface area (Å²) >= 11 is 1.48. The number of benzene rings is 1. The Balaban J connectivity index is 1.76. The number of hydrogen-bond donors (Lipinski definition) is 2. The molecule has 0 unspecified atom stereocenters. The maximum absolute atomic E-state index is 13.5. The van der Waals surface area contributed by atoms with Crippen LogP contribution in [0.5, 0.6) is 5.75 Å². The highest BCUT2D eigenvalue weighted by molar-refractivity contribution is 7.09. The summed E-state index contributed by atoms with van der Waals surface area (Å²) in [6.07, 6.45) is 0. The molecule has 0 fully saturated rings. The summed E-state index contributed by atoms with van der Waals surface area (Å²) in [7, 11) is 0. The predicted octanol–water partition coefficient (Wildman–Crippen LogP) is 2.16. The van der Waals surface area contributed by atoms with E-state index >= 15 is 0 Å². The van der Waals surface area contributed by atoms with Crippen molar-refractivity contribution in [2.75, 3.05) is 6.61 Å². The molecule has 0 aliphatic heterocycles. The Hall–Kier alpha value is -2.92. The number of thiophene rings is 1. The number of rotatable bonds is 5. The monoisotopic (exact) mass is 333 g/mol. The first-order valence-electron chi connectivity index (χ1n) is 6.51. The number of amides is 3. The van der Waals surface area contributed by atoms with E-state index in [0.29, 0.717) is 6.54 Å². The van der Waals surface area contributed by atoms with Gasteiger partial charge < -0.3 is 10.1 Å². The standard InChI is InChI=1S/C15H12FN3O3S/c16-12-6-10(7-17)3-4-13(12)22-9-14(20)19-15(21)18-8-11-2-1-5-23-11/h1-6H,8-9H2,(H2,18,19,20,21). The molecule has 0 aliphatic rings. The molecule has 0 atom stereocenters. The molecule has 0 saturated carbocycles. The molecule has 0 bridgehead atoms. The zero-order chi connectivity index (χ0) is 16.7. The fraction of sp³-hybridized carbons (Fsp3) is 0.133. The summed E-state index contributed by atoms with van der Waals surface area (Å²) in [6, 6.07) is 8.44. The normalized spacial score (nSPS) is 9.74. The van der Waals surface area contributed by atoms with E-state index in [1.165, 1.54) is 23.5 Å². The van der Waals surface area contributed by atoms with Crippen molar-refractivity contribution in [2.45, 2.75) is 6.54 Å². The molecule has 23 heavy (non-hydrogen) atoms. The van der Waals surface area contributed by atoms with E-state index in [1.54, 1.807) is 6.07 Å². The van der Waals surface area contributed by atoms with Crippen LogP contribution < -0.4 is 15.4 Å². The Morgan fingerprint density at radius 2 is 2.17 bits per heavy atom. The third-order valence-corrected chi connectivity index (χ3v) is 3.55. The summed E-state index contributed by atoms with van der Waals surface area (Å²) in [5.74, 6) is -1.63. The van der Waals surface area contributed by atoms with Crippen LogP contribution in [0.2, 0.25) is 0 Å². The third-order valence-electron chi connectivity index (χ3n) is 2.68. The molecule has 0 spiro atoms. The molecule has 1 aromatic carbocycles. The Bertz CT molecular complexity index is 741. The number of carbonyl (C=O) groups is 2. The van der Waals surface area contributed by atoms with Crippen molar-refractivity contribution in [3.05, 3.63) is 52.0 Å². The van der Waals surface area contributed by atoms with E-state index in [1.807, 2.05) is 17.5 Å². The van der Waals surface area contributed by atoms with Gasteiger partial charge in [-0.2, -0.15) is 5.26 Å². The van der Waals surface area contributed by atoms with Crippen LogP contribution in [0.3, 0.4) is 0 Å². The lowest BCUT2D eigenvalue weighted by Gasteiger charge is -2.08. The number of ether oxygens (including phenoxy) is 1. The maximum atomic E-state index is 13.5. The van der Waals surface area contributed by atoms with Crippen LogP contribution in [0.4, 0.5) is 9.18 Å². The van der Waals surface area contributed by atoms with Gasteiger partial charge in [0.1, 0.15) is 0 Å². The molecule has 0 saturated heterocycles. The molecule has 0 radical (unpaired) electrons. The van der Waals surface area contributed by atoms with Crippen molar-refractivity contribution in [3.63, 3.8) is 0 Å². The Labute approximate surface area is 135 Å². The molecule has 118 valence electrons. The highest BCUT2D eigenvalue weighted by atomic mass is 32.1. The Kier molecular flexibility index (Phi) is 5.66. The first-order chi connectivity index (χ1) is 11.1. The number of nitriles is 1. The Morgan fingerprint density at radius 1 is 1.35 bits per heavy atom. The van der Waals surface area contributed by atoms with E-state index < -0.39 is 24.4 Å². The van der Waals surface area contributed by atoms with Gasteiger partial charge in [0.2, 0.25) is 0 Å². The van der Waals surface area contributed by atoms with E-state index in [0.717, 1.165) is 10.9 Å². The number of carbonyl (C=O) groups excluding carboxylic acids is 2. The molecule has 2 N–H and O–H groups in total. The van der Waals surface area contributed by atoms with Crippen LogP contribution in [0.25, 0.3) is 0 Å². The quantitative estimate of drug-likeness (QED) is 0.877. The number of nitrogens with zero attached hydrogens (tertiary/aromatic N) is 1. The summed E-state index contributed by atoms with van der Waals surface area (Å²) in [5.41, 5.74) is 0.146. The van der Waals surface area contributed by atoms with E-state index in [4.69, 9.17) is 10.00 Å². The zero-order valence-corrected chi connectivity index (χ0v) is 12.7. The van der Waals surface area contributed by atoms with Gasteiger partial charge in [-0.05, 0) is 29.6 Å². The van der Waals surface area contributed by atoms with Crippen molar-refractivity contribution in [2.24, 2.45) is 0 Å². The van der Waals surface area contributed by atoms with Crippen molar-refractivity contribution >= 4 is 23.3 Å². The second kappa shape index (κ2) is 7.91. The van der Waals surface area contributed by atoms with Gasteiger partial charge in [-0.3, -0.25) is 10.1 Å². The molecule has 3 amide bonds. The van der Waals surface area contributed by atoms with Gasteiger partial charge in [-0.1, -0.05) is 6.07 Å². The van der Waals surface area contributed by atoms with Crippen LogP contribution in [0, 0.1) is 17.1 Å². The van der Waals surface area contributed by atoms with Crippen LogP contribution in [-0.4, -0.2) is 18.5 Å². The van der Waals surface area contributed by atoms with Gasteiger partial charge in [-0.15, -0.1) is 11.3 Å². The van der Waals surface area contributed by atoms with E-state index in [9.17, 15) is 14.0 Å². The van der Waals surface area contributed by atoms with Crippen molar-refractivity contribution < 1.29 is 18.7 Å². The number of urea groups is 1. The van der Waals surface area contributed by atoms with Gasteiger partial charge in [0, 0.05) is 4.88 Å². The van der Waals surface area contributed by atoms with E-state index in [2.05, 4.69) is 10.6 Å². The SMILES string of the molecule is N#Cc1ccc(OCC(=O)NC(=O)NCc2cccs2)c(F)c1. The fourth-order valence-electron chi connectivity index (χ4n) is 1.62. The second-order valence-corrected chi connectivity index (χ2v) is 5.39. The first-order valence-corrected chi connectivity index (χ1v) is 7.39. The second-order valence-electron chi connectivity index (χ2n) is 4.36. The van der Waals surface area contributed by atoms with Crippen LogP contribution in [-0.2, 0) is 11.3 Å². The first kappa shape index (κ1) is 16.5. The van der Waals surface area contributed by atoms with Crippen molar-refractivity contribution in [1.29, 1.82) is 5.26 Å². The molecule has 8 heteroatoms. The topological polar surface area (TPSA) is 91.2 Å². The molecule has 1 heterocycles. The van der Waals surface area contributed by atoms with Gasteiger partial charge in [0.05, 0.1) is 18.2 Å². The minimum absolute atomic E-state index is 0.146. The highest BCUT2D eigenvalue weighted by Gasteiger charge is 2.11. The largest absolute Gasteiger partial charge is 0.481 e. The smallest absolute Gasteiger partial charge is 0.321 e. The predicted molar refractivity (Wildman–Crippen MR) is 81.3 cm³/mol. The number of hydrogen-bond acceptors (Lipinski definition) is 5. The number of imide groups is 1. The molecule has 2 rings (SSSR count). The van der Waals surface area contributed by atoms with Crippen molar-refractivity contribution in [3.8, 4) is 11.8 Å². The molecular formula is C15H12FN3O3S. The van der Waals surface area contributed by atoms with Gasteiger partial charge in [0.15, 0.2) is 18.2 Å². The lowest BCUT2D eigenvalue weighted by Crippen LogP contribution is -2.41. The Morgan fingerprint density at radius 3 is 2.83 bits per heavy atom. The summed E-state index contributed by atoms with van der Waals surface area (Å²) < 4.78 is 18.5. The zero-order valence-electron chi connectivity index (χ0n) is 11.8. The fourth-order valence-corrected chi connectivity index (χ4v) is 2.26. The summed E-state index contributed by atoms with van der Waals surface area (Å²) in [5, 5.41) is 15.1. The summed E-state index contributed by atoms with van der Waals surface area (Å²) in [6.45, 7) is -0.211. The molecule has 6 nitrogen and oxygen atoms in total. The molecule has 0 aliphatic carbocycles. The average Bonchev–Trinajstić information content (AvgIpc) is 3.05. The number of halogens is 1. The van der Waals surface area contributed by atoms with E-state index in [-0.39, 0.29) is 11.3 Å². The minimum Gasteiger partial charge on any atom is -0.481 e. The van der Waals surface area contributed by atoms with Gasteiger partial charge in [-0.25, -0.2) is 9.18 Å². The average molecular weight is 333 g/mol. The third kappa shape index (κ3) is 5.09.